The second-order valence-corrected chi connectivity index (χ2v) is 11.7. The molecule has 0 spiro atoms. The zero-order valence-electron chi connectivity index (χ0n) is 20.0. The van der Waals surface area contributed by atoms with Crippen LogP contribution in [0.4, 0.5) is 8.78 Å². The molecule has 35 heavy (non-hydrogen) atoms. The van der Waals surface area contributed by atoms with Crippen LogP contribution in [0.5, 0.6) is 5.75 Å². The first kappa shape index (κ1) is 24.8. The van der Waals surface area contributed by atoms with Gasteiger partial charge in [-0.15, -0.1) is 0 Å². The summed E-state index contributed by atoms with van der Waals surface area (Å²) in [4.78, 5) is 25.4. The third-order valence-electron chi connectivity index (χ3n) is 9.91. The van der Waals surface area contributed by atoms with Crippen LogP contribution >= 0.6 is 11.6 Å². The Morgan fingerprint density at radius 3 is 2.66 bits per heavy atom. The molecule has 4 unspecified atom stereocenters. The number of fused-ring (bicyclic) bond motifs is 5. The van der Waals surface area contributed by atoms with Gasteiger partial charge in [0.25, 0.3) is 0 Å². The molecule has 2 N–H and O–H groups in total. The lowest BCUT2D eigenvalue weighted by Crippen LogP contribution is -2.69. The highest BCUT2D eigenvalue weighted by Gasteiger charge is 2.74. The van der Waals surface area contributed by atoms with E-state index in [1.807, 2.05) is 6.92 Å². The normalized spacial score (nSPS) is 42.5. The van der Waals surface area contributed by atoms with Crippen molar-refractivity contribution in [2.24, 2.45) is 22.7 Å². The first-order valence-corrected chi connectivity index (χ1v) is 12.7. The average Bonchev–Trinajstić information content (AvgIpc) is 3.06. The third-order valence-corrected chi connectivity index (χ3v) is 10.2. The summed E-state index contributed by atoms with van der Waals surface area (Å²) in [6.07, 6.45) is 2.32. The smallest absolute Gasteiger partial charge is 0.202 e. The Bertz CT molecular complexity index is 1120. The van der Waals surface area contributed by atoms with E-state index < -0.39 is 52.3 Å². The Kier molecular flexibility index (Phi) is 5.74. The number of alkyl halides is 1. The number of ketones is 2. The minimum atomic E-state index is -1.94. The number of halogens is 3. The summed E-state index contributed by atoms with van der Waals surface area (Å²) >= 11 is 6.00. The lowest BCUT2D eigenvalue weighted by molar-refractivity contribution is -0.226. The summed E-state index contributed by atoms with van der Waals surface area (Å²) < 4.78 is 36.0. The fourth-order valence-corrected chi connectivity index (χ4v) is 8.11. The van der Waals surface area contributed by atoms with E-state index in [4.69, 9.17) is 16.3 Å². The Morgan fingerprint density at radius 1 is 1.20 bits per heavy atom. The molecule has 7 atom stereocenters. The minimum Gasteiger partial charge on any atom is -0.484 e. The highest BCUT2D eigenvalue weighted by molar-refractivity contribution is 6.32. The van der Waals surface area contributed by atoms with Crippen LogP contribution in [0.15, 0.2) is 29.8 Å². The lowest BCUT2D eigenvalue weighted by Gasteiger charge is -2.63. The fourth-order valence-electron chi connectivity index (χ4n) is 7.89. The van der Waals surface area contributed by atoms with Gasteiger partial charge >= 0.3 is 0 Å². The molecule has 0 bridgehead atoms. The Balaban J connectivity index is 1.43. The van der Waals surface area contributed by atoms with Crippen LogP contribution in [0, 0.1) is 28.5 Å². The number of Topliss-reactive ketones (excluding diaryl/α,β-unsaturated/α-hetero) is 1. The number of hydrogen-bond acceptors (Lipinski definition) is 5. The van der Waals surface area contributed by atoms with Gasteiger partial charge in [-0.2, -0.15) is 0 Å². The van der Waals surface area contributed by atoms with Gasteiger partial charge in [-0.1, -0.05) is 31.0 Å². The number of aliphatic hydroxyl groups is 2. The van der Waals surface area contributed by atoms with E-state index in [-0.39, 0.29) is 41.7 Å². The maximum absolute atomic E-state index is 17.1. The van der Waals surface area contributed by atoms with Crippen molar-refractivity contribution >= 4 is 23.2 Å². The molecule has 5 rings (SSSR count). The van der Waals surface area contributed by atoms with Crippen molar-refractivity contribution < 1.29 is 33.3 Å². The molecule has 3 fully saturated rings. The summed E-state index contributed by atoms with van der Waals surface area (Å²) in [5.41, 5.74) is -4.95. The summed E-state index contributed by atoms with van der Waals surface area (Å²) in [6, 6.07) is 3.56. The van der Waals surface area contributed by atoms with Crippen molar-refractivity contribution in [2.45, 2.75) is 76.2 Å². The SMILES string of the molecule is CC12C[C@H](O)[C@@]3(F)C(CCC4=CC(=O)CCC43C)C1CC[C@]2(O)C(=O)COc1ccc(F)cc1Cl. The predicted molar refractivity (Wildman–Crippen MR) is 125 cm³/mol. The van der Waals surface area contributed by atoms with Crippen LogP contribution in [0.3, 0.4) is 0 Å². The average molecular weight is 509 g/mol. The minimum absolute atomic E-state index is 0.00300. The number of allylic oxidation sites excluding steroid dienone is 1. The van der Waals surface area contributed by atoms with Crippen molar-refractivity contribution in [3.8, 4) is 5.75 Å². The van der Waals surface area contributed by atoms with Gasteiger partial charge in [-0.25, -0.2) is 8.78 Å². The first-order valence-electron chi connectivity index (χ1n) is 12.3. The maximum Gasteiger partial charge on any atom is 0.202 e. The molecule has 0 aromatic heterocycles. The predicted octanol–water partition coefficient (Wildman–Crippen LogP) is 4.75. The molecule has 0 aliphatic heterocycles. The molecule has 0 radical (unpaired) electrons. The molecule has 5 nitrogen and oxygen atoms in total. The van der Waals surface area contributed by atoms with Gasteiger partial charge in [0.15, 0.2) is 5.78 Å². The van der Waals surface area contributed by atoms with Crippen LogP contribution < -0.4 is 4.74 Å². The van der Waals surface area contributed by atoms with E-state index in [1.165, 1.54) is 6.07 Å². The molecule has 3 saturated carbocycles. The fraction of sp³-hybridized carbons (Fsp3) is 0.630. The third kappa shape index (κ3) is 3.30. The first-order chi connectivity index (χ1) is 16.4. The molecular formula is C27H31ClF2O5. The summed E-state index contributed by atoms with van der Waals surface area (Å²) in [5.74, 6) is -1.83. The van der Waals surface area contributed by atoms with Gasteiger partial charge in [0.2, 0.25) is 5.78 Å². The quantitative estimate of drug-likeness (QED) is 0.613. The topological polar surface area (TPSA) is 83.8 Å². The van der Waals surface area contributed by atoms with Crippen LogP contribution in [0.1, 0.15) is 58.8 Å². The van der Waals surface area contributed by atoms with Crippen molar-refractivity contribution in [3.05, 3.63) is 40.7 Å². The van der Waals surface area contributed by atoms with Gasteiger partial charge in [0.1, 0.15) is 29.4 Å². The van der Waals surface area contributed by atoms with E-state index in [0.717, 1.165) is 17.7 Å². The van der Waals surface area contributed by atoms with E-state index in [0.29, 0.717) is 25.7 Å². The van der Waals surface area contributed by atoms with Crippen LogP contribution in [0.2, 0.25) is 5.02 Å². The van der Waals surface area contributed by atoms with Crippen molar-refractivity contribution in [1.82, 2.24) is 0 Å². The van der Waals surface area contributed by atoms with E-state index in [2.05, 4.69) is 0 Å². The number of hydrogen-bond donors (Lipinski definition) is 2. The van der Waals surface area contributed by atoms with E-state index >= 15 is 4.39 Å². The highest BCUT2D eigenvalue weighted by Crippen LogP contribution is 2.70. The van der Waals surface area contributed by atoms with E-state index in [9.17, 15) is 24.2 Å². The second kappa shape index (κ2) is 8.09. The van der Waals surface area contributed by atoms with Gasteiger partial charge in [0.05, 0.1) is 11.1 Å². The standard InChI is InChI=1S/C27H31ClF2O5/c1-24-9-7-17(31)11-15(24)3-5-19-18-8-10-26(34,25(18,2)13-22(32)27(19,24)30)23(33)14-35-21-6-4-16(29)12-20(21)28/h4,6,11-12,18-19,22,32,34H,3,5,7-10,13-14H2,1-2H3/t18?,19?,22-,24?,25?,26-,27-/m0/s1. The lowest BCUT2D eigenvalue weighted by atomic mass is 9.44. The highest BCUT2D eigenvalue weighted by atomic mass is 35.5. The van der Waals surface area contributed by atoms with Crippen molar-refractivity contribution in [1.29, 1.82) is 0 Å². The second-order valence-electron chi connectivity index (χ2n) is 11.3. The molecule has 190 valence electrons. The Hall–Kier alpha value is -1.83. The van der Waals surface area contributed by atoms with Crippen LogP contribution in [-0.4, -0.2) is 45.8 Å². The molecule has 4 aliphatic rings. The van der Waals surface area contributed by atoms with Gasteiger partial charge in [0, 0.05) is 23.2 Å². The molecule has 1 aromatic rings. The zero-order chi connectivity index (χ0) is 25.4. The number of carbonyl (C=O) groups excluding carboxylic acids is 2. The van der Waals surface area contributed by atoms with Crippen LogP contribution in [0.25, 0.3) is 0 Å². The summed E-state index contributed by atoms with van der Waals surface area (Å²) in [6.45, 7) is 3.11. The number of aliphatic hydroxyl groups excluding tert-OH is 1. The zero-order valence-corrected chi connectivity index (χ0v) is 20.7. The summed E-state index contributed by atoms with van der Waals surface area (Å²) in [5, 5.41) is 23.1. The maximum atomic E-state index is 17.1. The molecular weight excluding hydrogens is 478 g/mol. The van der Waals surface area contributed by atoms with Gasteiger partial charge in [-0.3, -0.25) is 9.59 Å². The van der Waals surface area contributed by atoms with Crippen LogP contribution in [-0.2, 0) is 9.59 Å². The van der Waals surface area contributed by atoms with E-state index in [1.54, 1.807) is 13.0 Å². The number of ether oxygens (including phenoxy) is 1. The molecule has 1 aromatic carbocycles. The molecule has 0 amide bonds. The molecule has 8 heteroatoms. The number of carbonyl (C=O) groups is 2. The molecule has 0 heterocycles. The molecule has 4 aliphatic carbocycles. The van der Waals surface area contributed by atoms with Gasteiger partial charge in [-0.05, 0) is 68.7 Å². The van der Waals surface area contributed by atoms with Gasteiger partial charge < -0.3 is 14.9 Å². The number of benzene rings is 1. The largest absolute Gasteiger partial charge is 0.484 e. The summed E-state index contributed by atoms with van der Waals surface area (Å²) in [7, 11) is 0. The van der Waals surface area contributed by atoms with Crippen molar-refractivity contribution in [2.75, 3.05) is 6.61 Å². The monoisotopic (exact) mass is 508 g/mol. The number of rotatable bonds is 4. The molecule has 0 saturated heterocycles. The Morgan fingerprint density at radius 2 is 1.94 bits per heavy atom. The van der Waals surface area contributed by atoms with Crippen molar-refractivity contribution in [3.63, 3.8) is 0 Å². The Labute approximate surface area is 208 Å².